The molecule has 0 fully saturated rings. The van der Waals surface area contributed by atoms with Crippen molar-refractivity contribution in [1.29, 1.82) is 0 Å². The zero-order valence-corrected chi connectivity index (χ0v) is 15.4. The summed E-state index contributed by atoms with van der Waals surface area (Å²) in [6.45, 7) is 11.6. The summed E-state index contributed by atoms with van der Waals surface area (Å²) in [6.07, 6.45) is 2.04. The fourth-order valence-electron chi connectivity index (χ4n) is 2.23. The summed E-state index contributed by atoms with van der Waals surface area (Å²) in [5.41, 5.74) is 1.95. The first kappa shape index (κ1) is 16.8. The van der Waals surface area contributed by atoms with Crippen LogP contribution >= 0.6 is 34.5 Å². The minimum atomic E-state index is -0.146. The fourth-order valence-corrected chi connectivity index (χ4v) is 4.04. The van der Waals surface area contributed by atoms with E-state index in [0.717, 1.165) is 26.5 Å². The lowest BCUT2D eigenvalue weighted by atomic mass is 9.86. The molecule has 0 radical (unpaired) electrons. The monoisotopic (exact) mass is 345 g/mol. The lowest BCUT2D eigenvalue weighted by molar-refractivity contribution is 0.402. The third kappa shape index (κ3) is 3.79. The molecule has 0 saturated heterocycles. The molecule has 0 aromatic carbocycles. The molecule has 21 heavy (non-hydrogen) atoms. The highest BCUT2D eigenvalue weighted by atomic mass is 35.5. The molecular weight excluding hydrogens is 325 g/mol. The van der Waals surface area contributed by atoms with Crippen LogP contribution in [0.25, 0.3) is 0 Å². The van der Waals surface area contributed by atoms with Crippen molar-refractivity contribution in [3.05, 3.63) is 32.2 Å². The summed E-state index contributed by atoms with van der Waals surface area (Å²) in [4.78, 5) is 0. The van der Waals surface area contributed by atoms with E-state index in [2.05, 4.69) is 44.9 Å². The van der Waals surface area contributed by atoms with E-state index in [4.69, 9.17) is 23.2 Å². The Morgan fingerprint density at radius 1 is 1.29 bits per heavy atom. The van der Waals surface area contributed by atoms with E-state index in [-0.39, 0.29) is 5.41 Å². The first-order chi connectivity index (χ1) is 9.70. The number of hydrogen-bond donors (Lipinski definition) is 0. The standard InChI is InChI=1S/C15H21Cl2N3S/c1-9(2)10(3)12-7-20(19-18-12)8-15(4,5)11-6-13(16)21-14(11)17/h6-7,9-10H,8H2,1-5H3. The number of nitrogens with zero attached hydrogens (tertiary/aromatic N) is 3. The van der Waals surface area contributed by atoms with Crippen molar-refractivity contribution in [1.82, 2.24) is 15.0 Å². The van der Waals surface area contributed by atoms with Gasteiger partial charge in [-0.1, -0.05) is 63.0 Å². The molecule has 0 N–H and O–H groups in total. The van der Waals surface area contributed by atoms with Crippen molar-refractivity contribution in [2.24, 2.45) is 5.92 Å². The minimum Gasteiger partial charge on any atom is -0.251 e. The van der Waals surface area contributed by atoms with Gasteiger partial charge in [0.2, 0.25) is 0 Å². The van der Waals surface area contributed by atoms with Crippen LogP contribution in [0.2, 0.25) is 8.67 Å². The molecule has 6 heteroatoms. The third-order valence-corrected chi connectivity index (χ3v) is 5.45. The smallest absolute Gasteiger partial charge is 0.0982 e. The zero-order valence-electron chi connectivity index (χ0n) is 13.0. The van der Waals surface area contributed by atoms with Crippen LogP contribution in [0, 0.1) is 5.92 Å². The first-order valence-electron chi connectivity index (χ1n) is 7.06. The molecule has 2 aromatic rings. The van der Waals surface area contributed by atoms with Crippen LogP contribution in [0.15, 0.2) is 12.3 Å². The molecule has 0 aliphatic rings. The van der Waals surface area contributed by atoms with Crippen LogP contribution in [-0.4, -0.2) is 15.0 Å². The Morgan fingerprint density at radius 3 is 2.48 bits per heavy atom. The second-order valence-electron chi connectivity index (χ2n) is 6.50. The molecule has 3 nitrogen and oxygen atoms in total. The third-order valence-electron chi connectivity index (χ3n) is 3.97. The molecule has 0 aliphatic carbocycles. The maximum atomic E-state index is 6.28. The second-order valence-corrected chi connectivity index (χ2v) is 8.78. The molecule has 0 amide bonds. The predicted molar refractivity (Wildman–Crippen MR) is 90.6 cm³/mol. The lowest BCUT2D eigenvalue weighted by Crippen LogP contribution is -2.24. The Morgan fingerprint density at radius 2 is 1.95 bits per heavy atom. The molecule has 2 rings (SSSR count). The largest absolute Gasteiger partial charge is 0.251 e. The molecule has 0 spiro atoms. The summed E-state index contributed by atoms with van der Waals surface area (Å²) >= 11 is 13.7. The number of aromatic nitrogens is 3. The van der Waals surface area contributed by atoms with Gasteiger partial charge in [0.15, 0.2) is 0 Å². The van der Waals surface area contributed by atoms with Crippen LogP contribution in [-0.2, 0) is 12.0 Å². The van der Waals surface area contributed by atoms with Gasteiger partial charge in [0.1, 0.15) is 0 Å². The normalized spacial score (nSPS) is 13.9. The van der Waals surface area contributed by atoms with Crippen LogP contribution in [0.4, 0.5) is 0 Å². The highest BCUT2D eigenvalue weighted by molar-refractivity contribution is 7.20. The zero-order chi connectivity index (χ0) is 15.8. The van der Waals surface area contributed by atoms with Gasteiger partial charge in [-0.05, 0) is 17.5 Å². The van der Waals surface area contributed by atoms with E-state index in [9.17, 15) is 0 Å². The number of hydrogen-bond acceptors (Lipinski definition) is 3. The topological polar surface area (TPSA) is 30.7 Å². The molecule has 1 atom stereocenters. The Hall–Kier alpha value is -0.580. The maximum absolute atomic E-state index is 6.28. The average molecular weight is 346 g/mol. The Bertz CT molecular complexity index is 616. The Balaban J connectivity index is 2.19. The SMILES string of the molecule is CC(C)C(C)c1cn(CC(C)(C)c2cc(Cl)sc2Cl)nn1. The molecule has 1 unspecified atom stereocenters. The van der Waals surface area contributed by atoms with E-state index in [1.54, 1.807) is 0 Å². The van der Waals surface area contributed by atoms with E-state index >= 15 is 0 Å². The van der Waals surface area contributed by atoms with Gasteiger partial charge in [-0.2, -0.15) is 0 Å². The van der Waals surface area contributed by atoms with E-state index in [0.29, 0.717) is 11.8 Å². The Kier molecular flexibility index (Phi) is 5.01. The van der Waals surface area contributed by atoms with Gasteiger partial charge in [0.25, 0.3) is 0 Å². The summed E-state index contributed by atoms with van der Waals surface area (Å²) in [5.74, 6) is 0.953. The summed E-state index contributed by atoms with van der Waals surface area (Å²) in [6, 6.07) is 1.95. The van der Waals surface area contributed by atoms with Crippen molar-refractivity contribution in [3.8, 4) is 0 Å². The van der Waals surface area contributed by atoms with Gasteiger partial charge in [-0.3, -0.25) is 4.68 Å². The van der Waals surface area contributed by atoms with Gasteiger partial charge in [-0.15, -0.1) is 16.4 Å². The maximum Gasteiger partial charge on any atom is 0.0982 e. The molecule has 0 aliphatic heterocycles. The van der Waals surface area contributed by atoms with Gasteiger partial charge in [0, 0.05) is 17.5 Å². The quantitative estimate of drug-likeness (QED) is 0.727. The van der Waals surface area contributed by atoms with E-state index in [1.165, 1.54) is 11.3 Å². The second kappa shape index (κ2) is 6.27. The first-order valence-corrected chi connectivity index (χ1v) is 8.63. The highest BCUT2D eigenvalue weighted by Crippen LogP contribution is 2.39. The Labute approximate surface area is 140 Å². The molecule has 0 saturated carbocycles. The molecular formula is C15H21Cl2N3S. The fraction of sp³-hybridized carbons (Fsp3) is 0.600. The van der Waals surface area contributed by atoms with E-state index in [1.807, 2.05) is 16.9 Å². The molecule has 2 heterocycles. The predicted octanol–water partition coefficient (Wildman–Crippen LogP) is 5.38. The van der Waals surface area contributed by atoms with Gasteiger partial charge in [0.05, 0.1) is 20.9 Å². The summed E-state index contributed by atoms with van der Waals surface area (Å²) in [5, 5.41) is 8.56. The number of rotatable bonds is 5. The number of halogens is 2. The lowest BCUT2D eigenvalue weighted by Gasteiger charge is -2.24. The van der Waals surface area contributed by atoms with Crippen molar-refractivity contribution >= 4 is 34.5 Å². The summed E-state index contributed by atoms with van der Waals surface area (Å²) < 4.78 is 3.37. The molecule has 2 aromatic heterocycles. The van der Waals surface area contributed by atoms with Gasteiger partial charge >= 0.3 is 0 Å². The molecule has 0 bridgehead atoms. The number of thiophene rings is 1. The minimum absolute atomic E-state index is 0.146. The van der Waals surface area contributed by atoms with Crippen LogP contribution in [0.5, 0.6) is 0 Å². The van der Waals surface area contributed by atoms with Crippen molar-refractivity contribution in [2.75, 3.05) is 0 Å². The van der Waals surface area contributed by atoms with Crippen LogP contribution < -0.4 is 0 Å². The van der Waals surface area contributed by atoms with Crippen molar-refractivity contribution in [3.63, 3.8) is 0 Å². The average Bonchev–Trinajstić information content (AvgIpc) is 2.94. The van der Waals surface area contributed by atoms with Crippen LogP contribution in [0.1, 0.15) is 51.8 Å². The highest BCUT2D eigenvalue weighted by Gasteiger charge is 2.27. The van der Waals surface area contributed by atoms with Crippen molar-refractivity contribution < 1.29 is 0 Å². The molecule has 116 valence electrons. The van der Waals surface area contributed by atoms with Gasteiger partial charge in [-0.25, -0.2) is 0 Å². The summed E-state index contributed by atoms with van der Waals surface area (Å²) in [7, 11) is 0. The van der Waals surface area contributed by atoms with Gasteiger partial charge < -0.3 is 0 Å². The van der Waals surface area contributed by atoms with E-state index < -0.39 is 0 Å². The van der Waals surface area contributed by atoms with Crippen molar-refractivity contribution in [2.45, 2.75) is 52.5 Å². The van der Waals surface area contributed by atoms with Crippen LogP contribution in [0.3, 0.4) is 0 Å².